The van der Waals surface area contributed by atoms with E-state index in [0.717, 1.165) is 23.6 Å². The predicted octanol–water partition coefficient (Wildman–Crippen LogP) is 3.52. The van der Waals surface area contributed by atoms with E-state index in [4.69, 9.17) is 4.42 Å². The number of hydrogen-bond acceptors (Lipinski definition) is 3. The number of nitrogens with one attached hydrogen (secondary N) is 1. The third kappa shape index (κ3) is 2.86. The smallest absolute Gasteiger partial charge is 0.123 e. The van der Waals surface area contributed by atoms with Crippen LogP contribution in [0.4, 0.5) is 11.4 Å². The molecule has 0 atom stereocenters. The van der Waals surface area contributed by atoms with Gasteiger partial charge in [0.2, 0.25) is 0 Å². The number of anilines is 2. The van der Waals surface area contributed by atoms with Gasteiger partial charge in [0.05, 0.1) is 17.9 Å². The normalized spacial score (nSPS) is 10.4. The number of nitrogens with zero attached hydrogens (tertiary/aromatic N) is 1. The molecule has 0 saturated carbocycles. The summed E-state index contributed by atoms with van der Waals surface area (Å²) in [5.41, 5.74) is 2.30. The molecular weight excluding hydrogens is 224 g/mol. The van der Waals surface area contributed by atoms with Crippen LogP contribution in [0.2, 0.25) is 0 Å². The molecule has 18 heavy (non-hydrogen) atoms. The quantitative estimate of drug-likeness (QED) is 0.872. The summed E-state index contributed by atoms with van der Waals surface area (Å²) < 4.78 is 5.68. The second kappa shape index (κ2) is 5.63. The molecule has 0 bridgehead atoms. The molecule has 0 unspecified atom stereocenters. The van der Waals surface area contributed by atoms with Crippen molar-refractivity contribution in [1.82, 2.24) is 0 Å². The summed E-state index contributed by atoms with van der Waals surface area (Å²) in [5, 5.41) is 3.41. The highest BCUT2D eigenvalue weighted by Crippen LogP contribution is 2.24. The maximum absolute atomic E-state index is 5.68. The predicted molar refractivity (Wildman–Crippen MR) is 76.2 cm³/mol. The zero-order valence-corrected chi connectivity index (χ0v) is 11.2. The summed E-state index contributed by atoms with van der Waals surface area (Å²) in [6.07, 6.45) is 0.939. The highest BCUT2D eigenvalue weighted by Gasteiger charge is 2.04. The Morgan fingerprint density at radius 2 is 1.78 bits per heavy atom. The fraction of sp³-hybridized carbons (Fsp3) is 0.333. The van der Waals surface area contributed by atoms with Gasteiger partial charge in [-0.05, 0) is 24.3 Å². The van der Waals surface area contributed by atoms with Crippen molar-refractivity contribution in [1.29, 1.82) is 0 Å². The number of aryl methyl sites for hydroxylation is 1. The van der Waals surface area contributed by atoms with E-state index in [1.807, 2.05) is 38.4 Å². The first-order valence-corrected chi connectivity index (χ1v) is 6.28. The number of benzene rings is 1. The van der Waals surface area contributed by atoms with Crippen LogP contribution < -0.4 is 10.2 Å². The van der Waals surface area contributed by atoms with E-state index in [0.29, 0.717) is 6.54 Å². The number of para-hydroxylation sites is 2. The number of furan rings is 1. The third-order valence-corrected chi connectivity index (χ3v) is 2.90. The first-order chi connectivity index (χ1) is 8.70. The largest absolute Gasteiger partial charge is 0.464 e. The lowest BCUT2D eigenvalue weighted by molar-refractivity contribution is 0.476. The zero-order valence-electron chi connectivity index (χ0n) is 11.2. The van der Waals surface area contributed by atoms with Crippen LogP contribution in [0.3, 0.4) is 0 Å². The van der Waals surface area contributed by atoms with Gasteiger partial charge < -0.3 is 14.6 Å². The fourth-order valence-corrected chi connectivity index (χ4v) is 1.90. The van der Waals surface area contributed by atoms with Crippen molar-refractivity contribution in [3.63, 3.8) is 0 Å². The lowest BCUT2D eigenvalue weighted by Gasteiger charge is -2.17. The van der Waals surface area contributed by atoms with Crippen LogP contribution in [0.5, 0.6) is 0 Å². The van der Waals surface area contributed by atoms with Crippen LogP contribution in [0, 0.1) is 0 Å². The Morgan fingerprint density at radius 3 is 2.44 bits per heavy atom. The molecule has 3 nitrogen and oxygen atoms in total. The zero-order chi connectivity index (χ0) is 13.0. The summed E-state index contributed by atoms with van der Waals surface area (Å²) in [6, 6.07) is 12.3. The molecule has 0 radical (unpaired) electrons. The van der Waals surface area contributed by atoms with E-state index in [2.05, 4.69) is 29.3 Å². The van der Waals surface area contributed by atoms with Crippen LogP contribution in [0.15, 0.2) is 40.8 Å². The molecule has 1 aromatic heterocycles. The van der Waals surface area contributed by atoms with Crippen molar-refractivity contribution >= 4 is 11.4 Å². The summed E-state index contributed by atoms with van der Waals surface area (Å²) in [5.74, 6) is 2.01. The molecule has 0 aliphatic carbocycles. The topological polar surface area (TPSA) is 28.4 Å². The minimum Gasteiger partial charge on any atom is -0.464 e. The van der Waals surface area contributed by atoms with Crippen molar-refractivity contribution in [2.24, 2.45) is 0 Å². The lowest BCUT2D eigenvalue weighted by Crippen LogP contribution is -2.11. The molecule has 1 aromatic carbocycles. The van der Waals surface area contributed by atoms with Crippen molar-refractivity contribution in [2.75, 3.05) is 24.3 Å². The Kier molecular flexibility index (Phi) is 3.92. The van der Waals surface area contributed by atoms with Crippen LogP contribution in [0.1, 0.15) is 18.4 Å². The maximum Gasteiger partial charge on any atom is 0.123 e. The molecule has 0 spiro atoms. The average Bonchev–Trinajstić information content (AvgIpc) is 2.84. The Hall–Kier alpha value is -1.90. The molecule has 0 fully saturated rings. The second-order valence-electron chi connectivity index (χ2n) is 4.49. The van der Waals surface area contributed by atoms with E-state index in [-0.39, 0.29) is 0 Å². The van der Waals surface area contributed by atoms with Gasteiger partial charge in [0.25, 0.3) is 0 Å². The van der Waals surface area contributed by atoms with Gasteiger partial charge in [-0.3, -0.25) is 0 Å². The first-order valence-electron chi connectivity index (χ1n) is 6.28. The van der Waals surface area contributed by atoms with Gasteiger partial charge in [-0.2, -0.15) is 0 Å². The minimum atomic E-state index is 0.713. The van der Waals surface area contributed by atoms with Crippen LogP contribution in [-0.2, 0) is 13.0 Å². The Balaban J connectivity index is 2.05. The third-order valence-electron chi connectivity index (χ3n) is 2.90. The molecule has 2 rings (SSSR count). The highest BCUT2D eigenvalue weighted by atomic mass is 16.3. The molecule has 1 N–H and O–H groups in total. The van der Waals surface area contributed by atoms with Crippen molar-refractivity contribution < 1.29 is 4.42 Å². The number of hydrogen-bond donors (Lipinski definition) is 1. The Morgan fingerprint density at radius 1 is 1.06 bits per heavy atom. The SMILES string of the molecule is CCc1ccc(CNc2ccccc2N(C)C)o1. The molecule has 3 heteroatoms. The molecule has 1 heterocycles. The van der Waals surface area contributed by atoms with Gasteiger partial charge in [0.15, 0.2) is 0 Å². The van der Waals surface area contributed by atoms with Crippen molar-refractivity contribution in [3.05, 3.63) is 47.9 Å². The van der Waals surface area contributed by atoms with Gasteiger partial charge >= 0.3 is 0 Å². The molecule has 2 aromatic rings. The van der Waals surface area contributed by atoms with Crippen molar-refractivity contribution in [2.45, 2.75) is 19.9 Å². The molecule has 0 aliphatic heterocycles. The minimum absolute atomic E-state index is 0.713. The van der Waals surface area contributed by atoms with E-state index in [1.165, 1.54) is 5.69 Å². The maximum atomic E-state index is 5.68. The molecule has 96 valence electrons. The summed E-state index contributed by atoms with van der Waals surface area (Å²) in [7, 11) is 4.09. The highest BCUT2D eigenvalue weighted by molar-refractivity contribution is 5.69. The van der Waals surface area contributed by atoms with Crippen LogP contribution in [-0.4, -0.2) is 14.1 Å². The summed E-state index contributed by atoms with van der Waals surface area (Å²) in [4.78, 5) is 2.10. The summed E-state index contributed by atoms with van der Waals surface area (Å²) >= 11 is 0. The van der Waals surface area contributed by atoms with Gasteiger partial charge in [0.1, 0.15) is 11.5 Å². The van der Waals surface area contributed by atoms with E-state index < -0.39 is 0 Å². The number of rotatable bonds is 5. The van der Waals surface area contributed by atoms with Crippen LogP contribution in [0.25, 0.3) is 0 Å². The molecular formula is C15H20N2O. The first kappa shape index (κ1) is 12.6. The van der Waals surface area contributed by atoms with Crippen molar-refractivity contribution in [3.8, 4) is 0 Å². The van der Waals surface area contributed by atoms with Gasteiger partial charge in [-0.15, -0.1) is 0 Å². The van der Waals surface area contributed by atoms with Gasteiger partial charge in [-0.1, -0.05) is 19.1 Å². The standard InChI is InChI=1S/C15H20N2O/c1-4-12-9-10-13(18-12)11-16-14-7-5-6-8-15(14)17(2)3/h5-10,16H,4,11H2,1-3H3. The van der Waals surface area contributed by atoms with Gasteiger partial charge in [-0.25, -0.2) is 0 Å². The van der Waals surface area contributed by atoms with E-state index in [1.54, 1.807) is 0 Å². The Bertz CT molecular complexity index is 503. The molecule has 0 amide bonds. The van der Waals surface area contributed by atoms with Crippen LogP contribution >= 0.6 is 0 Å². The second-order valence-corrected chi connectivity index (χ2v) is 4.49. The molecule has 0 saturated heterocycles. The van der Waals surface area contributed by atoms with E-state index in [9.17, 15) is 0 Å². The lowest BCUT2D eigenvalue weighted by atomic mass is 10.2. The Labute approximate surface area is 108 Å². The summed E-state index contributed by atoms with van der Waals surface area (Å²) in [6.45, 7) is 2.81. The monoisotopic (exact) mass is 244 g/mol. The van der Waals surface area contributed by atoms with E-state index >= 15 is 0 Å². The average molecular weight is 244 g/mol. The van der Waals surface area contributed by atoms with Gasteiger partial charge in [0, 0.05) is 20.5 Å². The fourth-order valence-electron chi connectivity index (χ4n) is 1.90. The molecule has 0 aliphatic rings.